The first-order valence-electron chi connectivity index (χ1n) is 5.31. The highest BCUT2D eigenvalue weighted by molar-refractivity contribution is 7.89. The van der Waals surface area contributed by atoms with Crippen LogP contribution in [-0.2, 0) is 16.6 Å². The van der Waals surface area contributed by atoms with Gasteiger partial charge in [0.25, 0.3) is 0 Å². The molecular weight excluding hydrogens is 270 g/mol. The first-order chi connectivity index (χ1) is 8.86. The number of aryl methyl sites for hydroxylation is 1. The normalized spacial score (nSPS) is 11.5. The quantitative estimate of drug-likeness (QED) is 0.682. The van der Waals surface area contributed by atoms with E-state index in [1.165, 1.54) is 12.1 Å². The second kappa shape index (κ2) is 4.86. The standard InChI is InChI=1S/C10H13N5O3S/c1-6-14-10(15-18-6)5-13-8-3-2-7(11)4-9(8)19(12,16)17/h2-4,13H,5,11H2,1H3,(H2,12,16,17). The molecule has 0 fully saturated rings. The monoisotopic (exact) mass is 283 g/mol. The Hall–Kier alpha value is -2.13. The number of nitrogens with two attached hydrogens (primary N) is 2. The molecule has 0 aliphatic heterocycles. The van der Waals surface area contributed by atoms with Crippen molar-refractivity contribution in [2.75, 3.05) is 11.1 Å². The highest BCUT2D eigenvalue weighted by Gasteiger charge is 2.14. The summed E-state index contributed by atoms with van der Waals surface area (Å²) in [6, 6.07) is 4.39. The molecule has 0 radical (unpaired) electrons. The van der Waals surface area contributed by atoms with Crippen LogP contribution >= 0.6 is 0 Å². The molecule has 0 spiro atoms. The molecule has 0 aliphatic rings. The molecule has 5 N–H and O–H groups in total. The molecule has 0 amide bonds. The summed E-state index contributed by atoms with van der Waals surface area (Å²) in [4.78, 5) is 3.91. The number of benzene rings is 1. The van der Waals surface area contributed by atoms with Gasteiger partial charge < -0.3 is 15.6 Å². The molecule has 102 valence electrons. The summed E-state index contributed by atoms with van der Waals surface area (Å²) in [6.07, 6.45) is 0. The number of hydrogen-bond donors (Lipinski definition) is 3. The Bertz CT molecular complexity index is 695. The number of aromatic nitrogens is 2. The maximum Gasteiger partial charge on any atom is 0.240 e. The van der Waals surface area contributed by atoms with Crippen molar-refractivity contribution in [3.05, 3.63) is 29.9 Å². The lowest BCUT2D eigenvalue weighted by Gasteiger charge is -2.09. The summed E-state index contributed by atoms with van der Waals surface area (Å²) in [5, 5.41) is 11.7. The number of rotatable bonds is 4. The second-order valence-electron chi connectivity index (χ2n) is 3.88. The molecule has 0 saturated heterocycles. The molecule has 0 aliphatic carbocycles. The molecule has 1 aromatic carbocycles. The zero-order valence-corrected chi connectivity index (χ0v) is 10.9. The van der Waals surface area contributed by atoms with Crippen LogP contribution in [-0.4, -0.2) is 18.6 Å². The second-order valence-corrected chi connectivity index (χ2v) is 5.41. The topological polar surface area (TPSA) is 137 Å². The van der Waals surface area contributed by atoms with Crippen LogP contribution in [0.4, 0.5) is 11.4 Å². The summed E-state index contributed by atoms with van der Waals surface area (Å²) < 4.78 is 27.7. The molecule has 0 unspecified atom stereocenters. The van der Waals surface area contributed by atoms with Gasteiger partial charge in [0.2, 0.25) is 15.9 Å². The first-order valence-corrected chi connectivity index (χ1v) is 6.86. The average molecular weight is 283 g/mol. The highest BCUT2D eigenvalue weighted by Crippen LogP contribution is 2.23. The Morgan fingerprint density at radius 3 is 2.74 bits per heavy atom. The first kappa shape index (κ1) is 13.3. The zero-order valence-electron chi connectivity index (χ0n) is 10.1. The SMILES string of the molecule is Cc1nc(CNc2ccc(N)cc2S(N)(=O)=O)no1. The summed E-state index contributed by atoms with van der Waals surface area (Å²) in [5.74, 6) is 0.843. The van der Waals surface area contributed by atoms with Gasteiger partial charge in [-0.3, -0.25) is 0 Å². The van der Waals surface area contributed by atoms with Crippen molar-refractivity contribution in [1.82, 2.24) is 10.1 Å². The van der Waals surface area contributed by atoms with E-state index in [4.69, 9.17) is 15.4 Å². The molecule has 1 heterocycles. The van der Waals surface area contributed by atoms with Crippen molar-refractivity contribution >= 4 is 21.4 Å². The Morgan fingerprint density at radius 2 is 2.16 bits per heavy atom. The fourth-order valence-electron chi connectivity index (χ4n) is 1.51. The zero-order chi connectivity index (χ0) is 14.0. The third kappa shape index (κ3) is 3.20. The van der Waals surface area contributed by atoms with Gasteiger partial charge in [-0.25, -0.2) is 13.6 Å². The van der Waals surface area contributed by atoms with E-state index < -0.39 is 10.0 Å². The van der Waals surface area contributed by atoms with E-state index in [0.29, 0.717) is 23.1 Å². The van der Waals surface area contributed by atoms with Gasteiger partial charge in [0, 0.05) is 12.6 Å². The highest BCUT2D eigenvalue weighted by atomic mass is 32.2. The van der Waals surface area contributed by atoms with Crippen LogP contribution in [0.3, 0.4) is 0 Å². The third-order valence-electron chi connectivity index (χ3n) is 2.32. The molecule has 0 saturated carbocycles. The number of nitrogen functional groups attached to an aromatic ring is 1. The van der Waals surface area contributed by atoms with E-state index >= 15 is 0 Å². The van der Waals surface area contributed by atoms with Crippen LogP contribution in [0.2, 0.25) is 0 Å². The third-order valence-corrected chi connectivity index (χ3v) is 3.27. The molecule has 2 aromatic rings. The van der Waals surface area contributed by atoms with Gasteiger partial charge in [-0.15, -0.1) is 0 Å². The largest absolute Gasteiger partial charge is 0.399 e. The maximum absolute atomic E-state index is 11.5. The van der Waals surface area contributed by atoms with E-state index in [2.05, 4.69) is 15.5 Å². The lowest BCUT2D eigenvalue weighted by atomic mass is 10.3. The van der Waals surface area contributed by atoms with E-state index in [0.717, 1.165) is 0 Å². The van der Waals surface area contributed by atoms with Crippen LogP contribution in [0.15, 0.2) is 27.6 Å². The minimum absolute atomic E-state index is 0.0762. The van der Waals surface area contributed by atoms with Crippen molar-refractivity contribution in [3.8, 4) is 0 Å². The van der Waals surface area contributed by atoms with Gasteiger partial charge in [0.05, 0.1) is 12.2 Å². The van der Waals surface area contributed by atoms with Crippen LogP contribution in [0.5, 0.6) is 0 Å². The fraction of sp³-hybridized carbons (Fsp3) is 0.200. The Kier molecular flexibility index (Phi) is 3.40. The van der Waals surface area contributed by atoms with Gasteiger partial charge in [0.1, 0.15) is 4.90 Å². The number of nitrogens with zero attached hydrogens (tertiary/aromatic N) is 2. The van der Waals surface area contributed by atoms with Gasteiger partial charge in [-0.2, -0.15) is 4.98 Å². The van der Waals surface area contributed by atoms with Crippen molar-refractivity contribution in [2.24, 2.45) is 5.14 Å². The summed E-state index contributed by atoms with van der Waals surface area (Å²) in [7, 11) is -3.86. The van der Waals surface area contributed by atoms with Crippen LogP contribution in [0, 0.1) is 6.92 Å². The molecule has 1 aromatic heterocycles. The van der Waals surface area contributed by atoms with Crippen LogP contribution in [0.25, 0.3) is 0 Å². The van der Waals surface area contributed by atoms with Crippen molar-refractivity contribution < 1.29 is 12.9 Å². The van der Waals surface area contributed by atoms with Crippen molar-refractivity contribution in [2.45, 2.75) is 18.4 Å². The average Bonchev–Trinajstić information content (AvgIpc) is 2.72. The summed E-state index contributed by atoms with van der Waals surface area (Å²) in [5.41, 5.74) is 6.19. The van der Waals surface area contributed by atoms with Gasteiger partial charge in [-0.05, 0) is 18.2 Å². The lowest BCUT2D eigenvalue weighted by molar-refractivity contribution is 0.388. The van der Waals surface area contributed by atoms with E-state index in [1.807, 2.05) is 0 Å². The lowest BCUT2D eigenvalue weighted by Crippen LogP contribution is -2.15. The fourth-order valence-corrected chi connectivity index (χ4v) is 2.25. The van der Waals surface area contributed by atoms with E-state index in [-0.39, 0.29) is 11.4 Å². The van der Waals surface area contributed by atoms with Gasteiger partial charge >= 0.3 is 0 Å². The van der Waals surface area contributed by atoms with Crippen molar-refractivity contribution in [1.29, 1.82) is 0 Å². The number of sulfonamides is 1. The van der Waals surface area contributed by atoms with Crippen LogP contribution < -0.4 is 16.2 Å². The number of hydrogen-bond acceptors (Lipinski definition) is 7. The predicted octanol–water partition coefficient (Wildman–Crippen LogP) is 0.220. The van der Waals surface area contributed by atoms with E-state index in [9.17, 15) is 8.42 Å². The minimum atomic E-state index is -3.86. The molecule has 0 bridgehead atoms. The van der Waals surface area contributed by atoms with Crippen molar-refractivity contribution in [3.63, 3.8) is 0 Å². The molecule has 0 atom stereocenters. The smallest absolute Gasteiger partial charge is 0.240 e. The number of nitrogens with one attached hydrogen (secondary N) is 1. The molecular formula is C10H13N5O3S. The van der Waals surface area contributed by atoms with E-state index in [1.54, 1.807) is 13.0 Å². The number of primary sulfonamides is 1. The van der Waals surface area contributed by atoms with Gasteiger partial charge in [-0.1, -0.05) is 5.16 Å². The minimum Gasteiger partial charge on any atom is -0.399 e. The molecule has 8 nitrogen and oxygen atoms in total. The summed E-state index contributed by atoms with van der Waals surface area (Å²) in [6.45, 7) is 1.87. The maximum atomic E-state index is 11.5. The Labute approximate surface area is 109 Å². The molecule has 9 heteroatoms. The van der Waals surface area contributed by atoms with Gasteiger partial charge in [0.15, 0.2) is 5.82 Å². The summed E-state index contributed by atoms with van der Waals surface area (Å²) >= 11 is 0. The predicted molar refractivity (Wildman–Crippen MR) is 68.6 cm³/mol. The Morgan fingerprint density at radius 1 is 1.42 bits per heavy atom. The number of anilines is 2. The van der Waals surface area contributed by atoms with Crippen LogP contribution in [0.1, 0.15) is 11.7 Å². The molecule has 19 heavy (non-hydrogen) atoms. The Balaban J connectivity index is 2.25. The molecule has 2 rings (SSSR count).